The molecule has 0 aliphatic heterocycles. The molecule has 0 spiro atoms. The molecule has 7 heteroatoms. The van der Waals surface area contributed by atoms with Gasteiger partial charge in [0.2, 0.25) is 0 Å². The zero-order chi connectivity index (χ0) is 13.1. The van der Waals surface area contributed by atoms with Gasteiger partial charge < -0.3 is 9.73 Å². The first-order valence-corrected chi connectivity index (χ1v) is 4.97. The van der Waals surface area contributed by atoms with Gasteiger partial charge in [-0.05, 0) is 12.1 Å². The normalized spacial score (nSPS) is 10.3. The van der Waals surface area contributed by atoms with Gasteiger partial charge >= 0.3 is 0 Å². The molecule has 0 aliphatic carbocycles. The molecule has 94 valence electrons. The van der Waals surface area contributed by atoms with Gasteiger partial charge in [-0.3, -0.25) is 10.1 Å². The third-order valence-electron chi connectivity index (χ3n) is 2.32. The predicted octanol–water partition coefficient (Wildman–Crippen LogP) is 3.08. The lowest BCUT2D eigenvalue weighted by Gasteiger charge is -2.07. The average Bonchev–Trinajstić information content (AvgIpc) is 2.83. The third-order valence-corrected chi connectivity index (χ3v) is 2.32. The molecule has 1 N–H and O–H groups in total. The molecule has 1 heterocycles. The number of anilines is 1. The van der Waals surface area contributed by atoms with Crippen molar-refractivity contribution in [3.05, 3.63) is 58.0 Å². The second-order valence-corrected chi connectivity index (χ2v) is 3.50. The molecule has 0 amide bonds. The van der Waals surface area contributed by atoms with Crippen molar-refractivity contribution in [1.82, 2.24) is 0 Å². The molecule has 0 aliphatic rings. The minimum absolute atomic E-state index is 0.0950. The molecule has 0 saturated heterocycles. The predicted molar refractivity (Wildman–Crippen MR) is 59.0 cm³/mol. The average molecular weight is 254 g/mol. The number of nitrogens with one attached hydrogen (secondary N) is 1. The van der Waals surface area contributed by atoms with Crippen LogP contribution in [0.5, 0.6) is 0 Å². The number of nitro benzene ring substituents is 1. The molecule has 0 atom stereocenters. The van der Waals surface area contributed by atoms with Gasteiger partial charge in [0.1, 0.15) is 0 Å². The zero-order valence-corrected chi connectivity index (χ0v) is 9.02. The molecule has 0 radical (unpaired) electrons. The van der Waals surface area contributed by atoms with Crippen molar-refractivity contribution in [3.8, 4) is 0 Å². The van der Waals surface area contributed by atoms with E-state index in [9.17, 15) is 18.9 Å². The van der Waals surface area contributed by atoms with Crippen molar-refractivity contribution in [2.75, 3.05) is 5.32 Å². The van der Waals surface area contributed by atoms with Crippen LogP contribution in [-0.4, -0.2) is 4.92 Å². The highest BCUT2D eigenvalue weighted by atomic mass is 19.2. The van der Waals surface area contributed by atoms with Crippen molar-refractivity contribution in [2.45, 2.75) is 6.54 Å². The highest BCUT2D eigenvalue weighted by molar-refractivity contribution is 5.62. The van der Waals surface area contributed by atoms with E-state index in [4.69, 9.17) is 4.42 Å². The summed E-state index contributed by atoms with van der Waals surface area (Å²) in [6.45, 7) is 0.0950. The standard InChI is InChI=1S/C11H8F2N2O3/c12-8-1-2-9(15(16)17)11(10(8)13)14-5-7-3-4-18-6-7/h1-4,6,14H,5H2. The van der Waals surface area contributed by atoms with Crippen LogP contribution in [0.15, 0.2) is 35.1 Å². The molecular formula is C11H8F2N2O3. The number of nitrogens with zero attached hydrogens (tertiary/aromatic N) is 1. The van der Waals surface area contributed by atoms with Gasteiger partial charge in [0.25, 0.3) is 5.69 Å². The fourth-order valence-corrected chi connectivity index (χ4v) is 1.44. The highest BCUT2D eigenvalue weighted by Gasteiger charge is 2.21. The van der Waals surface area contributed by atoms with Crippen LogP contribution >= 0.6 is 0 Å². The number of nitro groups is 1. The minimum atomic E-state index is -1.27. The van der Waals surface area contributed by atoms with Gasteiger partial charge in [-0.2, -0.15) is 0 Å². The summed E-state index contributed by atoms with van der Waals surface area (Å²) < 4.78 is 31.3. The fraction of sp³-hybridized carbons (Fsp3) is 0.0909. The molecule has 0 saturated carbocycles. The van der Waals surface area contributed by atoms with E-state index in [1.165, 1.54) is 12.5 Å². The van der Waals surface area contributed by atoms with E-state index in [0.717, 1.165) is 12.1 Å². The van der Waals surface area contributed by atoms with Gasteiger partial charge in [-0.1, -0.05) is 0 Å². The SMILES string of the molecule is O=[N+]([O-])c1ccc(F)c(F)c1NCc1ccoc1. The Morgan fingerprint density at radius 2 is 2.11 bits per heavy atom. The Morgan fingerprint density at radius 1 is 1.33 bits per heavy atom. The summed E-state index contributed by atoms with van der Waals surface area (Å²) in [6, 6.07) is 3.24. The van der Waals surface area contributed by atoms with Crippen LogP contribution in [0.2, 0.25) is 0 Å². The van der Waals surface area contributed by atoms with Crippen LogP contribution in [0.1, 0.15) is 5.56 Å². The van der Waals surface area contributed by atoms with Gasteiger partial charge in [0.05, 0.1) is 17.4 Å². The molecule has 2 rings (SSSR count). The summed E-state index contributed by atoms with van der Waals surface area (Å²) in [5.74, 6) is -2.41. The van der Waals surface area contributed by atoms with Crippen molar-refractivity contribution in [2.24, 2.45) is 0 Å². The molecular weight excluding hydrogens is 246 g/mol. The molecule has 5 nitrogen and oxygen atoms in total. The Morgan fingerprint density at radius 3 is 2.72 bits per heavy atom. The number of hydrogen-bond donors (Lipinski definition) is 1. The Hall–Kier alpha value is -2.44. The lowest BCUT2D eigenvalue weighted by molar-refractivity contribution is -0.384. The maximum absolute atomic E-state index is 13.5. The monoisotopic (exact) mass is 254 g/mol. The topological polar surface area (TPSA) is 68.3 Å². The van der Waals surface area contributed by atoms with Crippen LogP contribution in [0.3, 0.4) is 0 Å². The molecule has 1 aromatic heterocycles. The third kappa shape index (κ3) is 2.29. The summed E-state index contributed by atoms with van der Waals surface area (Å²) >= 11 is 0. The Balaban J connectivity index is 2.30. The maximum atomic E-state index is 13.5. The number of furan rings is 1. The number of rotatable bonds is 4. The van der Waals surface area contributed by atoms with E-state index < -0.39 is 27.9 Å². The molecule has 1 aromatic carbocycles. The van der Waals surface area contributed by atoms with Crippen molar-refractivity contribution in [1.29, 1.82) is 0 Å². The number of benzene rings is 1. The minimum Gasteiger partial charge on any atom is -0.472 e. The first-order valence-electron chi connectivity index (χ1n) is 4.97. The van der Waals surface area contributed by atoms with E-state index >= 15 is 0 Å². The number of halogens is 2. The quantitative estimate of drug-likeness (QED) is 0.672. The summed E-state index contributed by atoms with van der Waals surface area (Å²) in [5.41, 5.74) is -0.327. The molecule has 0 fully saturated rings. The summed E-state index contributed by atoms with van der Waals surface area (Å²) in [5, 5.41) is 13.2. The van der Waals surface area contributed by atoms with Gasteiger partial charge in [-0.15, -0.1) is 0 Å². The Kier molecular flexibility index (Phi) is 3.22. The lowest BCUT2D eigenvalue weighted by Crippen LogP contribution is -2.05. The van der Waals surface area contributed by atoms with Gasteiger partial charge in [0, 0.05) is 18.2 Å². The fourth-order valence-electron chi connectivity index (χ4n) is 1.44. The summed E-state index contributed by atoms with van der Waals surface area (Å²) in [6.07, 6.45) is 2.81. The van der Waals surface area contributed by atoms with E-state index in [2.05, 4.69) is 5.32 Å². The van der Waals surface area contributed by atoms with Crippen LogP contribution in [0.4, 0.5) is 20.2 Å². The van der Waals surface area contributed by atoms with Crippen LogP contribution < -0.4 is 5.32 Å². The zero-order valence-electron chi connectivity index (χ0n) is 9.02. The van der Waals surface area contributed by atoms with Crippen LogP contribution in [0.25, 0.3) is 0 Å². The molecule has 0 unspecified atom stereocenters. The van der Waals surface area contributed by atoms with Crippen molar-refractivity contribution in [3.63, 3.8) is 0 Å². The largest absolute Gasteiger partial charge is 0.472 e. The second-order valence-electron chi connectivity index (χ2n) is 3.50. The van der Waals surface area contributed by atoms with E-state index in [1.807, 2.05) is 0 Å². The van der Waals surface area contributed by atoms with Gasteiger partial charge in [-0.25, -0.2) is 8.78 Å². The molecule has 0 bridgehead atoms. The molecule has 18 heavy (non-hydrogen) atoms. The van der Waals surface area contributed by atoms with E-state index in [1.54, 1.807) is 6.07 Å². The second kappa shape index (κ2) is 4.82. The summed E-state index contributed by atoms with van der Waals surface area (Å²) in [4.78, 5) is 9.93. The summed E-state index contributed by atoms with van der Waals surface area (Å²) in [7, 11) is 0. The molecule has 2 aromatic rings. The van der Waals surface area contributed by atoms with Crippen LogP contribution in [0, 0.1) is 21.7 Å². The van der Waals surface area contributed by atoms with Crippen molar-refractivity contribution >= 4 is 11.4 Å². The number of hydrogen-bond acceptors (Lipinski definition) is 4. The van der Waals surface area contributed by atoms with E-state index in [0.29, 0.717) is 5.56 Å². The Labute approximate surface area is 100 Å². The Bertz CT molecular complexity index is 570. The smallest absolute Gasteiger partial charge is 0.295 e. The van der Waals surface area contributed by atoms with Gasteiger partial charge in [0.15, 0.2) is 17.3 Å². The maximum Gasteiger partial charge on any atom is 0.295 e. The van der Waals surface area contributed by atoms with Crippen LogP contribution in [-0.2, 0) is 6.54 Å². The highest BCUT2D eigenvalue weighted by Crippen LogP contribution is 2.29. The van der Waals surface area contributed by atoms with Crippen molar-refractivity contribution < 1.29 is 18.1 Å². The first kappa shape index (κ1) is 12.0. The first-order chi connectivity index (χ1) is 8.59. The van der Waals surface area contributed by atoms with E-state index in [-0.39, 0.29) is 6.54 Å². The lowest BCUT2D eigenvalue weighted by atomic mass is 10.2.